The van der Waals surface area contributed by atoms with Gasteiger partial charge in [-0.2, -0.15) is 11.8 Å². The van der Waals surface area contributed by atoms with Crippen LogP contribution in [0.3, 0.4) is 0 Å². The van der Waals surface area contributed by atoms with Crippen molar-refractivity contribution >= 4 is 40.2 Å². The topological polar surface area (TPSA) is 46.3 Å². The van der Waals surface area contributed by atoms with E-state index in [1.54, 1.807) is 0 Å². The van der Waals surface area contributed by atoms with Crippen LogP contribution in [0.25, 0.3) is 11.0 Å². The van der Waals surface area contributed by atoms with Crippen molar-refractivity contribution in [3.63, 3.8) is 0 Å². The summed E-state index contributed by atoms with van der Waals surface area (Å²) in [5, 5.41) is 6.13. The van der Waals surface area contributed by atoms with Crippen LogP contribution < -0.4 is 0 Å². The van der Waals surface area contributed by atoms with Crippen LogP contribution in [0.2, 0.25) is 5.02 Å². The van der Waals surface area contributed by atoms with E-state index >= 15 is 0 Å². The molecule has 0 saturated carbocycles. The molecule has 0 radical (unpaired) electrons. The Kier molecular flexibility index (Phi) is 5.18. The molecule has 2 aromatic carbocycles. The van der Waals surface area contributed by atoms with Gasteiger partial charge in [-0.1, -0.05) is 47.1 Å². The predicted octanol–water partition coefficient (Wildman–Crippen LogP) is 4.73. The maximum absolute atomic E-state index is 12.8. The lowest BCUT2D eigenvalue weighted by atomic mass is 10.1. The van der Waals surface area contributed by atoms with Crippen molar-refractivity contribution in [1.29, 1.82) is 0 Å². The van der Waals surface area contributed by atoms with Crippen LogP contribution in [0, 0.1) is 0 Å². The molecule has 1 atom stereocenters. The third kappa shape index (κ3) is 3.60. The van der Waals surface area contributed by atoms with E-state index in [1.807, 2.05) is 59.1 Å². The summed E-state index contributed by atoms with van der Waals surface area (Å²) in [7, 11) is 0. The van der Waals surface area contributed by atoms with Gasteiger partial charge in [0.15, 0.2) is 5.58 Å². The van der Waals surface area contributed by atoms with Gasteiger partial charge in [0, 0.05) is 34.5 Å². The Morgan fingerprint density at radius 1 is 1.19 bits per heavy atom. The van der Waals surface area contributed by atoms with Crippen molar-refractivity contribution in [2.75, 3.05) is 18.8 Å². The van der Waals surface area contributed by atoms with Gasteiger partial charge in [0.2, 0.25) is 5.91 Å². The Bertz CT molecular complexity index is 927. The molecule has 1 fully saturated rings. The zero-order valence-corrected chi connectivity index (χ0v) is 15.8. The number of halogens is 1. The number of para-hydroxylation sites is 1. The van der Waals surface area contributed by atoms with Gasteiger partial charge in [0.25, 0.3) is 0 Å². The summed E-state index contributed by atoms with van der Waals surface area (Å²) in [4.78, 5) is 14.7. The highest BCUT2D eigenvalue weighted by Crippen LogP contribution is 2.37. The fourth-order valence-corrected chi connectivity index (χ4v) is 4.92. The van der Waals surface area contributed by atoms with E-state index in [4.69, 9.17) is 16.1 Å². The number of fused-ring (bicyclic) bond motifs is 1. The lowest BCUT2D eigenvalue weighted by Crippen LogP contribution is -2.34. The minimum atomic E-state index is 0.101. The molecule has 1 aliphatic heterocycles. The molecule has 3 aromatic rings. The zero-order chi connectivity index (χ0) is 17.9. The highest BCUT2D eigenvalue weighted by atomic mass is 35.5. The van der Waals surface area contributed by atoms with E-state index in [9.17, 15) is 4.79 Å². The number of hydrogen-bond acceptors (Lipinski definition) is 4. The van der Waals surface area contributed by atoms with Crippen molar-refractivity contribution in [2.24, 2.45) is 0 Å². The standard InChI is InChI=1S/C20H19ClN2O2S/c21-16-7-3-1-5-14(16)19-9-10-23(11-12-26-19)20(24)13-17-15-6-2-4-8-18(15)25-22-17/h1-8,19H,9-13H2. The summed E-state index contributed by atoms with van der Waals surface area (Å²) in [5.74, 6) is 1.01. The van der Waals surface area contributed by atoms with E-state index in [0.717, 1.165) is 46.8 Å². The van der Waals surface area contributed by atoms with Crippen LogP contribution in [0.5, 0.6) is 0 Å². The van der Waals surface area contributed by atoms with Gasteiger partial charge in [-0.15, -0.1) is 0 Å². The number of hydrogen-bond donors (Lipinski definition) is 0. The number of thioether (sulfide) groups is 1. The minimum absolute atomic E-state index is 0.101. The maximum atomic E-state index is 12.8. The van der Waals surface area contributed by atoms with Crippen LogP contribution >= 0.6 is 23.4 Å². The van der Waals surface area contributed by atoms with Crippen molar-refractivity contribution in [1.82, 2.24) is 10.1 Å². The highest BCUT2D eigenvalue weighted by Gasteiger charge is 2.24. The van der Waals surface area contributed by atoms with E-state index < -0.39 is 0 Å². The van der Waals surface area contributed by atoms with E-state index in [0.29, 0.717) is 10.9 Å². The molecule has 26 heavy (non-hydrogen) atoms. The van der Waals surface area contributed by atoms with Gasteiger partial charge in [0.05, 0.1) is 6.42 Å². The molecule has 1 aliphatic rings. The first-order valence-electron chi connectivity index (χ1n) is 8.69. The van der Waals surface area contributed by atoms with Gasteiger partial charge in [-0.05, 0) is 30.2 Å². The van der Waals surface area contributed by atoms with Crippen molar-refractivity contribution < 1.29 is 9.32 Å². The summed E-state index contributed by atoms with van der Waals surface area (Å²) in [6.07, 6.45) is 1.18. The lowest BCUT2D eigenvalue weighted by molar-refractivity contribution is -0.130. The molecule has 1 amide bonds. The van der Waals surface area contributed by atoms with Crippen LogP contribution in [-0.2, 0) is 11.2 Å². The number of amides is 1. The fraction of sp³-hybridized carbons (Fsp3) is 0.300. The van der Waals surface area contributed by atoms with E-state index in [-0.39, 0.29) is 12.3 Å². The average molecular weight is 387 g/mol. The van der Waals surface area contributed by atoms with Crippen molar-refractivity contribution in [3.8, 4) is 0 Å². The number of carbonyl (C=O) groups is 1. The number of aromatic nitrogens is 1. The minimum Gasteiger partial charge on any atom is -0.356 e. The van der Waals surface area contributed by atoms with Gasteiger partial charge in [-0.25, -0.2) is 0 Å². The van der Waals surface area contributed by atoms with Gasteiger partial charge < -0.3 is 9.42 Å². The Hall–Kier alpha value is -1.98. The molecule has 1 unspecified atom stereocenters. The molecule has 6 heteroatoms. The van der Waals surface area contributed by atoms with Crippen LogP contribution in [0.4, 0.5) is 0 Å². The van der Waals surface area contributed by atoms with Crippen LogP contribution in [0.1, 0.15) is 22.9 Å². The second-order valence-corrected chi connectivity index (χ2v) is 8.07. The molecule has 0 N–H and O–H groups in total. The normalized spacial score (nSPS) is 18.0. The Labute approximate surface area is 161 Å². The number of rotatable bonds is 3. The van der Waals surface area contributed by atoms with Gasteiger partial charge >= 0.3 is 0 Å². The second kappa shape index (κ2) is 7.72. The van der Waals surface area contributed by atoms with Crippen LogP contribution in [-0.4, -0.2) is 34.8 Å². The largest absolute Gasteiger partial charge is 0.356 e. The first-order chi connectivity index (χ1) is 12.7. The average Bonchev–Trinajstić information content (AvgIpc) is 2.90. The molecule has 1 saturated heterocycles. The molecule has 0 bridgehead atoms. The smallest absolute Gasteiger partial charge is 0.228 e. The summed E-state index contributed by atoms with van der Waals surface area (Å²) in [6, 6.07) is 15.6. The first kappa shape index (κ1) is 17.4. The Balaban J connectivity index is 1.44. The summed E-state index contributed by atoms with van der Waals surface area (Å²) < 4.78 is 5.31. The number of nitrogens with zero attached hydrogens (tertiary/aromatic N) is 2. The molecule has 4 nitrogen and oxygen atoms in total. The summed E-state index contributed by atoms with van der Waals surface area (Å²) in [6.45, 7) is 1.48. The fourth-order valence-electron chi connectivity index (χ4n) is 3.32. The molecule has 134 valence electrons. The van der Waals surface area contributed by atoms with Crippen molar-refractivity contribution in [3.05, 3.63) is 64.8 Å². The predicted molar refractivity (Wildman–Crippen MR) is 106 cm³/mol. The monoisotopic (exact) mass is 386 g/mol. The maximum Gasteiger partial charge on any atom is 0.228 e. The highest BCUT2D eigenvalue weighted by molar-refractivity contribution is 7.99. The molecular weight excluding hydrogens is 368 g/mol. The molecule has 0 spiro atoms. The molecule has 2 heterocycles. The van der Waals surface area contributed by atoms with Gasteiger partial charge in [0.1, 0.15) is 5.69 Å². The third-order valence-corrected chi connectivity index (χ3v) is 6.37. The zero-order valence-electron chi connectivity index (χ0n) is 14.2. The summed E-state index contributed by atoms with van der Waals surface area (Å²) >= 11 is 8.22. The van der Waals surface area contributed by atoms with Gasteiger partial charge in [-0.3, -0.25) is 4.79 Å². The summed E-state index contributed by atoms with van der Waals surface area (Å²) in [5.41, 5.74) is 2.60. The SMILES string of the molecule is O=C(Cc1noc2ccccc12)N1CCSC(c2ccccc2Cl)CC1. The lowest BCUT2D eigenvalue weighted by Gasteiger charge is -2.20. The Morgan fingerprint density at radius 3 is 2.88 bits per heavy atom. The molecule has 0 aliphatic carbocycles. The first-order valence-corrected chi connectivity index (χ1v) is 10.1. The van der Waals surface area contributed by atoms with Crippen molar-refractivity contribution in [2.45, 2.75) is 18.1 Å². The molecular formula is C20H19ClN2O2S. The van der Waals surface area contributed by atoms with E-state index in [1.165, 1.54) is 0 Å². The molecule has 4 rings (SSSR count). The number of carbonyl (C=O) groups excluding carboxylic acids is 1. The third-order valence-electron chi connectivity index (χ3n) is 4.72. The van der Waals surface area contributed by atoms with Crippen LogP contribution in [0.15, 0.2) is 53.1 Å². The Morgan fingerprint density at radius 2 is 2.00 bits per heavy atom. The quantitative estimate of drug-likeness (QED) is 0.652. The van der Waals surface area contributed by atoms with E-state index in [2.05, 4.69) is 11.2 Å². The second-order valence-electron chi connectivity index (χ2n) is 6.35. The number of benzene rings is 2. The molecule has 1 aromatic heterocycles.